The van der Waals surface area contributed by atoms with E-state index in [2.05, 4.69) is 15.2 Å². The van der Waals surface area contributed by atoms with Crippen molar-refractivity contribution in [2.24, 2.45) is 0 Å². The predicted molar refractivity (Wildman–Crippen MR) is 73.0 cm³/mol. The molecule has 1 saturated carbocycles. The van der Waals surface area contributed by atoms with Gasteiger partial charge in [-0.1, -0.05) is 36.0 Å². The topological polar surface area (TPSA) is 41.6 Å². The molecule has 3 nitrogen and oxygen atoms in total. The zero-order valence-corrected chi connectivity index (χ0v) is 11.3. The van der Waals surface area contributed by atoms with Gasteiger partial charge in [0.15, 0.2) is 5.82 Å². The minimum atomic E-state index is 0.529. The van der Waals surface area contributed by atoms with Gasteiger partial charge in [-0.15, -0.1) is 0 Å². The number of hydrogen-bond donors (Lipinski definition) is 1. The van der Waals surface area contributed by atoms with E-state index in [1.54, 1.807) is 12.1 Å². The molecule has 0 atom stereocenters. The lowest BCUT2D eigenvalue weighted by atomic mass is 10.1. The van der Waals surface area contributed by atoms with Gasteiger partial charge in [-0.05, 0) is 31.0 Å². The highest BCUT2D eigenvalue weighted by Crippen LogP contribution is 2.33. The number of aromatic amines is 1. The molecule has 1 N–H and O–H groups in total. The highest BCUT2D eigenvalue weighted by molar-refractivity contribution is 6.42. The van der Waals surface area contributed by atoms with Crippen molar-refractivity contribution in [2.75, 3.05) is 0 Å². The molecule has 18 heavy (non-hydrogen) atoms. The molecular formula is C13H13Cl2N3. The Morgan fingerprint density at radius 3 is 2.61 bits per heavy atom. The van der Waals surface area contributed by atoms with Crippen LogP contribution >= 0.6 is 23.2 Å². The van der Waals surface area contributed by atoms with Gasteiger partial charge >= 0.3 is 0 Å². The molecule has 0 saturated heterocycles. The van der Waals surface area contributed by atoms with Gasteiger partial charge in [0.25, 0.3) is 0 Å². The lowest BCUT2D eigenvalue weighted by Crippen LogP contribution is -1.94. The molecule has 1 aromatic carbocycles. The minimum absolute atomic E-state index is 0.529. The highest BCUT2D eigenvalue weighted by atomic mass is 35.5. The van der Waals surface area contributed by atoms with Crippen molar-refractivity contribution < 1.29 is 0 Å². The molecule has 0 spiro atoms. The van der Waals surface area contributed by atoms with Crippen LogP contribution in [-0.2, 0) is 0 Å². The average Bonchev–Trinajstić information content (AvgIpc) is 3.01. The van der Waals surface area contributed by atoms with E-state index < -0.39 is 0 Å². The van der Waals surface area contributed by atoms with E-state index in [9.17, 15) is 0 Å². The second kappa shape index (κ2) is 4.90. The second-order valence-electron chi connectivity index (χ2n) is 4.65. The Balaban J connectivity index is 1.89. The predicted octanol–water partition coefficient (Wildman–Crippen LogP) is 4.44. The molecule has 1 fully saturated rings. The molecule has 1 aromatic heterocycles. The Morgan fingerprint density at radius 1 is 1.11 bits per heavy atom. The van der Waals surface area contributed by atoms with Gasteiger partial charge in [0, 0.05) is 11.5 Å². The van der Waals surface area contributed by atoms with Crippen molar-refractivity contribution in [1.82, 2.24) is 15.2 Å². The summed E-state index contributed by atoms with van der Waals surface area (Å²) in [6, 6.07) is 5.45. The van der Waals surface area contributed by atoms with Gasteiger partial charge in [0.05, 0.1) is 10.0 Å². The fourth-order valence-corrected chi connectivity index (χ4v) is 2.72. The third-order valence-corrected chi connectivity index (χ3v) is 4.16. The largest absolute Gasteiger partial charge is 0.262 e. The number of nitrogens with one attached hydrogen (secondary N) is 1. The first kappa shape index (κ1) is 12.0. The molecule has 3 rings (SSSR count). The maximum Gasteiger partial charge on any atom is 0.181 e. The van der Waals surface area contributed by atoms with Crippen molar-refractivity contribution in [3.63, 3.8) is 0 Å². The number of benzene rings is 1. The van der Waals surface area contributed by atoms with Crippen molar-refractivity contribution in [3.05, 3.63) is 34.1 Å². The third kappa shape index (κ3) is 2.25. The molecule has 1 aliphatic carbocycles. The molecule has 0 bridgehead atoms. The summed E-state index contributed by atoms with van der Waals surface area (Å²) in [5.74, 6) is 2.22. The van der Waals surface area contributed by atoms with E-state index in [-0.39, 0.29) is 0 Å². The quantitative estimate of drug-likeness (QED) is 0.884. The molecule has 0 radical (unpaired) electrons. The summed E-state index contributed by atoms with van der Waals surface area (Å²) in [6.07, 6.45) is 4.98. The molecule has 1 aliphatic rings. The Hall–Kier alpha value is -1.06. The van der Waals surface area contributed by atoms with Gasteiger partial charge in [-0.2, -0.15) is 5.10 Å². The molecule has 5 heteroatoms. The maximum atomic E-state index is 6.00. The number of H-pyrrole nitrogens is 1. The highest BCUT2D eigenvalue weighted by Gasteiger charge is 2.20. The van der Waals surface area contributed by atoms with Crippen molar-refractivity contribution in [1.29, 1.82) is 0 Å². The SMILES string of the molecule is Clc1ccc(-c2n[nH]c(C3CCCC3)n2)cc1Cl. The fraction of sp³-hybridized carbons (Fsp3) is 0.385. The summed E-state index contributed by atoms with van der Waals surface area (Å²) >= 11 is 11.9. The van der Waals surface area contributed by atoms with Gasteiger partial charge in [-0.25, -0.2) is 4.98 Å². The standard InChI is InChI=1S/C13H13Cl2N3/c14-10-6-5-9(7-11(10)15)13-16-12(17-18-13)8-3-1-2-4-8/h5-8H,1-4H2,(H,16,17,18). The van der Waals surface area contributed by atoms with Gasteiger partial charge in [-0.3, -0.25) is 5.10 Å². The molecule has 2 aromatic rings. The number of hydrogen-bond acceptors (Lipinski definition) is 2. The van der Waals surface area contributed by atoms with Crippen LogP contribution in [0.1, 0.15) is 37.4 Å². The van der Waals surface area contributed by atoms with Crippen LogP contribution in [0.25, 0.3) is 11.4 Å². The number of aromatic nitrogens is 3. The molecular weight excluding hydrogens is 269 g/mol. The number of nitrogens with zero attached hydrogens (tertiary/aromatic N) is 2. The van der Waals surface area contributed by atoms with Crippen LogP contribution in [0.5, 0.6) is 0 Å². The van der Waals surface area contributed by atoms with E-state index >= 15 is 0 Å². The van der Waals surface area contributed by atoms with E-state index in [0.29, 0.717) is 21.8 Å². The van der Waals surface area contributed by atoms with E-state index in [1.165, 1.54) is 25.7 Å². The van der Waals surface area contributed by atoms with Gasteiger partial charge in [0.1, 0.15) is 5.82 Å². The Labute approximate surface area is 116 Å². The Morgan fingerprint density at radius 2 is 1.89 bits per heavy atom. The van der Waals surface area contributed by atoms with Crippen LogP contribution in [-0.4, -0.2) is 15.2 Å². The average molecular weight is 282 g/mol. The molecule has 1 heterocycles. The number of halogens is 2. The van der Waals surface area contributed by atoms with Crippen LogP contribution < -0.4 is 0 Å². The van der Waals surface area contributed by atoms with Gasteiger partial charge in [0.2, 0.25) is 0 Å². The molecule has 0 amide bonds. The first-order valence-electron chi connectivity index (χ1n) is 6.12. The van der Waals surface area contributed by atoms with E-state index in [0.717, 1.165) is 11.4 Å². The first-order valence-corrected chi connectivity index (χ1v) is 6.87. The zero-order valence-electron chi connectivity index (χ0n) is 9.79. The smallest absolute Gasteiger partial charge is 0.181 e. The second-order valence-corrected chi connectivity index (χ2v) is 5.47. The fourth-order valence-electron chi connectivity index (χ4n) is 2.42. The minimum Gasteiger partial charge on any atom is -0.262 e. The molecule has 94 valence electrons. The third-order valence-electron chi connectivity index (χ3n) is 3.42. The van der Waals surface area contributed by atoms with Crippen molar-refractivity contribution in [2.45, 2.75) is 31.6 Å². The van der Waals surface area contributed by atoms with Crippen LogP contribution in [0.2, 0.25) is 10.0 Å². The first-order chi connectivity index (χ1) is 8.74. The number of rotatable bonds is 2. The van der Waals surface area contributed by atoms with Crippen LogP contribution in [0.4, 0.5) is 0 Å². The lowest BCUT2D eigenvalue weighted by molar-refractivity contribution is 0.672. The normalized spacial score (nSPS) is 16.3. The van der Waals surface area contributed by atoms with E-state index in [1.807, 2.05) is 6.07 Å². The molecule has 0 unspecified atom stereocenters. The van der Waals surface area contributed by atoms with E-state index in [4.69, 9.17) is 23.2 Å². The van der Waals surface area contributed by atoms with Crippen LogP contribution in [0, 0.1) is 0 Å². The van der Waals surface area contributed by atoms with Crippen LogP contribution in [0.15, 0.2) is 18.2 Å². The summed E-state index contributed by atoms with van der Waals surface area (Å²) in [5, 5.41) is 8.38. The maximum absolute atomic E-state index is 6.00. The summed E-state index contributed by atoms with van der Waals surface area (Å²) in [7, 11) is 0. The molecule has 0 aliphatic heterocycles. The summed E-state index contributed by atoms with van der Waals surface area (Å²) < 4.78 is 0. The zero-order chi connectivity index (χ0) is 12.5. The van der Waals surface area contributed by atoms with Crippen molar-refractivity contribution in [3.8, 4) is 11.4 Å². The Kier molecular flexibility index (Phi) is 3.27. The summed E-state index contributed by atoms with van der Waals surface area (Å²) in [5.41, 5.74) is 0.893. The summed E-state index contributed by atoms with van der Waals surface area (Å²) in [4.78, 5) is 4.56. The lowest BCUT2D eigenvalue weighted by Gasteiger charge is -2.02. The monoisotopic (exact) mass is 281 g/mol. The summed E-state index contributed by atoms with van der Waals surface area (Å²) in [6.45, 7) is 0. The van der Waals surface area contributed by atoms with Crippen molar-refractivity contribution >= 4 is 23.2 Å². The van der Waals surface area contributed by atoms with Gasteiger partial charge < -0.3 is 0 Å². The van der Waals surface area contributed by atoms with Crippen LogP contribution in [0.3, 0.4) is 0 Å². The Bertz CT molecular complexity index is 559.